The van der Waals surface area contributed by atoms with Crippen LogP contribution in [-0.4, -0.2) is 19.2 Å². The van der Waals surface area contributed by atoms with E-state index >= 15 is 0 Å². The molecular weight excluding hydrogens is 442 g/mol. The van der Waals surface area contributed by atoms with Crippen molar-refractivity contribution < 1.29 is 45.3 Å². The maximum absolute atomic E-state index is 12.9. The predicted octanol–water partition coefficient (Wildman–Crippen LogP) is 5.90. The Bertz CT molecular complexity index is 923. The molecule has 0 unspecified atom stereocenters. The normalized spacial score (nSPS) is 14.2. The van der Waals surface area contributed by atoms with Crippen LogP contribution in [0.4, 0.5) is 26.3 Å². The zero-order valence-corrected chi connectivity index (χ0v) is 15.7. The van der Waals surface area contributed by atoms with E-state index < -0.39 is 41.6 Å². The first kappa shape index (κ1) is 22.1. The molecule has 0 spiro atoms. The van der Waals surface area contributed by atoms with Crippen molar-refractivity contribution in [1.82, 2.24) is 0 Å². The van der Waals surface area contributed by atoms with Crippen LogP contribution < -0.4 is 9.47 Å². The number of hydrogen-bond donors (Lipinski definition) is 0. The molecule has 0 aliphatic carbocycles. The highest BCUT2D eigenvalue weighted by atomic mass is 35.5. The quantitative estimate of drug-likeness (QED) is 0.428. The van der Waals surface area contributed by atoms with Crippen LogP contribution in [0.2, 0.25) is 5.02 Å². The molecule has 0 fully saturated rings. The highest BCUT2D eigenvalue weighted by molar-refractivity contribution is 6.32. The highest BCUT2D eigenvalue weighted by Gasteiger charge is 2.37. The van der Waals surface area contributed by atoms with Crippen LogP contribution in [0.25, 0.3) is 0 Å². The Hall–Kier alpha value is -2.62. The summed E-state index contributed by atoms with van der Waals surface area (Å²) >= 11 is 6.10. The minimum atomic E-state index is -5.07. The number of esters is 1. The molecule has 0 atom stereocenters. The van der Waals surface area contributed by atoms with Gasteiger partial charge >= 0.3 is 18.3 Å². The van der Waals surface area contributed by atoms with E-state index in [1.54, 1.807) is 0 Å². The third-order valence-corrected chi connectivity index (χ3v) is 4.34. The van der Waals surface area contributed by atoms with Gasteiger partial charge in [0.2, 0.25) is 0 Å². The lowest BCUT2D eigenvalue weighted by Crippen LogP contribution is -2.14. The average Bonchev–Trinajstić information content (AvgIpc) is 2.90. The van der Waals surface area contributed by atoms with Crippen molar-refractivity contribution in [2.45, 2.75) is 25.4 Å². The van der Waals surface area contributed by atoms with Crippen LogP contribution in [0.3, 0.4) is 0 Å². The fourth-order valence-corrected chi connectivity index (χ4v) is 2.96. The number of halogens is 7. The second-order valence-electron chi connectivity index (χ2n) is 6.33. The Balaban J connectivity index is 1.83. The lowest BCUT2D eigenvalue weighted by atomic mass is 10.0. The number of rotatable bonds is 3. The average molecular weight is 455 g/mol. The first-order valence-electron chi connectivity index (χ1n) is 8.50. The van der Waals surface area contributed by atoms with Crippen molar-refractivity contribution in [2.75, 3.05) is 13.2 Å². The SMILES string of the molecule is O=C(OCc1cc(Cl)c2c(c1)OCCCO2)c1cc(C(F)(F)F)cc(C(F)(F)F)c1. The van der Waals surface area contributed by atoms with Crippen LogP contribution >= 0.6 is 11.6 Å². The van der Waals surface area contributed by atoms with Crippen LogP contribution in [0, 0.1) is 0 Å². The van der Waals surface area contributed by atoms with E-state index in [9.17, 15) is 31.1 Å². The Morgan fingerprint density at radius 3 is 2.13 bits per heavy atom. The molecule has 1 aliphatic rings. The summed E-state index contributed by atoms with van der Waals surface area (Å²) in [6.45, 7) is 0.294. The molecule has 0 bridgehead atoms. The number of alkyl halides is 6. The molecule has 0 saturated carbocycles. The zero-order valence-electron chi connectivity index (χ0n) is 15.0. The summed E-state index contributed by atoms with van der Waals surface area (Å²) in [4.78, 5) is 12.2. The maximum Gasteiger partial charge on any atom is 0.416 e. The Morgan fingerprint density at radius 1 is 0.933 bits per heavy atom. The van der Waals surface area contributed by atoms with Crippen LogP contribution in [0.5, 0.6) is 11.5 Å². The number of fused-ring (bicyclic) bond motifs is 1. The van der Waals surface area contributed by atoms with Gasteiger partial charge in [0, 0.05) is 6.42 Å². The van der Waals surface area contributed by atoms with Crippen molar-refractivity contribution in [3.05, 3.63) is 57.6 Å². The second-order valence-corrected chi connectivity index (χ2v) is 6.73. The molecule has 0 amide bonds. The van der Waals surface area contributed by atoms with Gasteiger partial charge in [0.25, 0.3) is 0 Å². The maximum atomic E-state index is 12.9. The van der Waals surface area contributed by atoms with Gasteiger partial charge in [0.15, 0.2) is 11.5 Å². The number of carbonyl (C=O) groups excluding carboxylic acids is 1. The molecule has 4 nitrogen and oxygen atoms in total. The third kappa shape index (κ3) is 5.10. The standard InChI is InChI=1S/C19H13ClF6O4/c20-14-4-10(5-15-16(14)29-3-1-2-28-15)9-30-17(27)11-6-12(18(21,22)23)8-13(7-11)19(24,25)26/h4-8H,1-3,9H2. The van der Waals surface area contributed by atoms with Crippen LogP contribution in [0.1, 0.15) is 33.5 Å². The van der Waals surface area contributed by atoms with E-state index in [0.717, 1.165) is 0 Å². The van der Waals surface area contributed by atoms with Gasteiger partial charge in [0.05, 0.1) is 34.9 Å². The van der Waals surface area contributed by atoms with E-state index in [4.69, 9.17) is 25.8 Å². The van der Waals surface area contributed by atoms with E-state index in [-0.39, 0.29) is 11.1 Å². The molecular formula is C19H13ClF6O4. The third-order valence-electron chi connectivity index (χ3n) is 4.06. The van der Waals surface area contributed by atoms with Crippen LogP contribution in [0.15, 0.2) is 30.3 Å². The lowest BCUT2D eigenvalue weighted by molar-refractivity contribution is -0.143. The predicted molar refractivity (Wildman–Crippen MR) is 92.6 cm³/mol. The second kappa shape index (κ2) is 8.25. The summed E-state index contributed by atoms with van der Waals surface area (Å²) in [6, 6.07) is 3.40. The molecule has 0 aromatic heterocycles. The summed E-state index contributed by atoms with van der Waals surface area (Å²) in [7, 11) is 0. The van der Waals surface area contributed by atoms with E-state index in [1.807, 2.05) is 0 Å². The number of benzene rings is 2. The Morgan fingerprint density at radius 2 is 1.53 bits per heavy atom. The summed E-state index contributed by atoms with van der Waals surface area (Å²) < 4.78 is 93.4. The molecule has 0 radical (unpaired) electrons. The number of ether oxygens (including phenoxy) is 3. The Kier molecular flexibility index (Phi) is 6.07. The van der Waals surface area contributed by atoms with Crippen molar-refractivity contribution in [3.8, 4) is 11.5 Å². The molecule has 2 aromatic rings. The minimum absolute atomic E-state index is 0.0691. The van der Waals surface area contributed by atoms with Crippen molar-refractivity contribution in [3.63, 3.8) is 0 Å². The van der Waals surface area contributed by atoms with E-state index in [0.29, 0.717) is 48.8 Å². The zero-order chi connectivity index (χ0) is 22.1. The topological polar surface area (TPSA) is 44.8 Å². The summed E-state index contributed by atoms with van der Waals surface area (Å²) in [5.74, 6) is -0.753. The van der Waals surface area contributed by atoms with Crippen molar-refractivity contribution >= 4 is 17.6 Å². The first-order chi connectivity index (χ1) is 13.9. The molecule has 1 heterocycles. The largest absolute Gasteiger partial charge is 0.489 e. The smallest absolute Gasteiger partial charge is 0.416 e. The fourth-order valence-electron chi connectivity index (χ4n) is 2.67. The summed E-state index contributed by atoms with van der Waals surface area (Å²) in [5, 5.41) is 0.166. The molecule has 162 valence electrons. The van der Waals surface area contributed by atoms with Gasteiger partial charge in [-0.15, -0.1) is 0 Å². The van der Waals surface area contributed by atoms with Crippen LogP contribution in [-0.2, 0) is 23.7 Å². The molecule has 0 saturated heterocycles. The van der Waals surface area contributed by atoms with E-state index in [1.165, 1.54) is 12.1 Å². The van der Waals surface area contributed by atoms with Gasteiger partial charge < -0.3 is 14.2 Å². The van der Waals surface area contributed by atoms with E-state index in [2.05, 4.69) is 0 Å². The lowest BCUT2D eigenvalue weighted by Gasteiger charge is -2.14. The van der Waals surface area contributed by atoms with Crippen molar-refractivity contribution in [2.24, 2.45) is 0 Å². The molecule has 11 heteroatoms. The molecule has 3 rings (SSSR count). The van der Waals surface area contributed by atoms with Crippen molar-refractivity contribution in [1.29, 1.82) is 0 Å². The molecule has 1 aliphatic heterocycles. The van der Waals surface area contributed by atoms with Gasteiger partial charge in [-0.2, -0.15) is 26.3 Å². The fraction of sp³-hybridized carbons (Fsp3) is 0.316. The van der Waals surface area contributed by atoms with Gasteiger partial charge in [-0.25, -0.2) is 4.79 Å². The number of carbonyl (C=O) groups is 1. The number of hydrogen-bond acceptors (Lipinski definition) is 4. The highest BCUT2D eigenvalue weighted by Crippen LogP contribution is 2.39. The monoisotopic (exact) mass is 454 g/mol. The molecule has 0 N–H and O–H groups in total. The van der Waals surface area contributed by atoms with Gasteiger partial charge in [-0.1, -0.05) is 11.6 Å². The summed E-state index contributed by atoms with van der Waals surface area (Å²) in [6.07, 6.45) is -9.53. The minimum Gasteiger partial charge on any atom is -0.489 e. The Labute approximate surface area is 171 Å². The first-order valence-corrected chi connectivity index (χ1v) is 8.87. The van der Waals surface area contributed by atoms with Gasteiger partial charge in [0.1, 0.15) is 6.61 Å². The molecule has 30 heavy (non-hydrogen) atoms. The molecule has 2 aromatic carbocycles. The van der Waals surface area contributed by atoms with Gasteiger partial charge in [-0.05, 0) is 35.9 Å². The summed E-state index contributed by atoms with van der Waals surface area (Å²) in [5.41, 5.74) is -3.77. The van der Waals surface area contributed by atoms with Gasteiger partial charge in [-0.3, -0.25) is 0 Å².